The molecule has 3 heteroatoms. The smallest absolute Gasteiger partial charge is 0.121 e. The highest BCUT2D eigenvalue weighted by Gasteiger charge is 2.05. The molecule has 0 fully saturated rings. The molecule has 0 saturated heterocycles. The zero-order chi connectivity index (χ0) is 9.42. The maximum absolute atomic E-state index is 9.01. The number of benzene rings is 1. The molecule has 0 aliphatic carbocycles. The van der Waals surface area contributed by atoms with Crippen molar-refractivity contribution in [3.05, 3.63) is 29.6 Å². The third-order valence-electron chi connectivity index (χ3n) is 2.47. The summed E-state index contributed by atoms with van der Waals surface area (Å²) in [5, 5.41) is 9.01. The summed E-state index contributed by atoms with van der Waals surface area (Å²) in [6.07, 6.45) is 1.66. The van der Waals surface area contributed by atoms with Crippen molar-refractivity contribution in [2.24, 2.45) is 0 Å². The van der Waals surface area contributed by atoms with Crippen molar-refractivity contribution in [1.29, 1.82) is 0 Å². The molecule has 1 N–H and O–H groups in total. The second kappa shape index (κ2) is 2.85. The SMILES string of the molecule is Cc1ccc2c(ncn2CO)c1C. The first-order chi connectivity index (χ1) is 6.24. The van der Waals surface area contributed by atoms with Crippen LogP contribution in [0, 0.1) is 13.8 Å². The van der Waals surface area contributed by atoms with Gasteiger partial charge in [-0.25, -0.2) is 4.98 Å². The lowest BCUT2D eigenvalue weighted by molar-refractivity contribution is 0.215. The minimum atomic E-state index is -0.0149. The lowest BCUT2D eigenvalue weighted by atomic mass is 10.1. The van der Waals surface area contributed by atoms with Crippen LogP contribution in [0.15, 0.2) is 18.5 Å². The van der Waals surface area contributed by atoms with E-state index < -0.39 is 0 Å². The van der Waals surface area contributed by atoms with Crippen LogP contribution < -0.4 is 0 Å². The van der Waals surface area contributed by atoms with E-state index in [-0.39, 0.29) is 6.73 Å². The van der Waals surface area contributed by atoms with Gasteiger partial charge in [0.2, 0.25) is 0 Å². The number of nitrogens with zero attached hydrogens (tertiary/aromatic N) is 2. The van der Waals surface area contributed by atoms with Gasteiger partial charge in [0.05, 0.1) is 17.4 Å². The van der Waals surface area contributed by atoms with E-state index in [9.17, 15) is 0 Å². The molecule has 1 aromatic heterocycles. The van der Waals surface area contributed by atoms with Gasteiger partial charge in [-0.05, 0) is 31.0 Å². The number of rotatable bonds is 1. The Labute approximate surface area is 76.6 Å². The lowest BCUT2D eigenvalue weighted by Gasteiger charge is -2.01. The highest BCUT2D eigenvalue weighted by atomic mass is 16.3. The molecule has 68 valence electrons. The van der Waals surface area contributed by atoms with Gasteiger partial charge in [0, 0.05) is 0 Å². The monoisotopic (exact) mass is 176 g/mol. The molecule has 2 aromatic rings. The van der Waals surface area contributed by atoms with Gasteiger partial charge in [0.25, 0.3) is 0 Å². The number of hydrogen-bond acceptors (Lipinski definition) is 2. The first-order valence-corrected chi connectivity index (χ1v) is 4.26. The third-order valence-corrected chi connectivity index (χ3v) is 2.47. The molecular weight excluding hydrogens is 164 g/mol. The molecule has 3 nitrogen and oxygen atoms in total. The summed E-state index contributed by atoms with van der Waals surface area (Å²) < 4.78 is 1.72. The Morgan fingerprint density at radius 3 is 2.85 bits per heavy atom. The van der Waals surface area contributed by atoms with Crippen LogP contribution in [-0.2, 0) is 6.73 Å². The van der Waals surface area contributed by atoms with E-state index in [1.54, 1.807) is 10.9 Å². The molecule has 0 radical (unpaired) electrons. The molecule has 1 aromatic carbocycles. The van der Waals surface area contributed by atoms with Crippen LogP contribution in [0.1, 0.15) is 11.1 Å². The largest absolute Gasteiger partial charge is 0.376 e. The zero-order valence-corrected chi connectivity index (χ0v) is 7.78. The summed E-state index contributed by atoms with van der Waals surface area (Å²) in [7, 11) is 0. The Balaban J connectivity index is 2.81. The molecule has 0 atom stereocenters. The summed E-state index contributed by atoms with van der Waals surface area (Å²) in [6, 6.07) is 4.03. The molecule has 0 aliphatic heterocycles. The first kappa shape index (κ1) is 8.26. The summed E-state index contributed by atoms with van der Waals surface area (Å²) in [6.45, 7) is 4.10. The number of aromatic nitrogens is 2. The summed E-state index contributed by atoms with van der Waals surface area (Å²) in [5.41, 5.74) is 4.39. The summed E-state index contributed by atoms with van der Waals surface area (Å²) in [4.78, 5) is 4.25. The van der Waals surface area contributed by atoms with Crippen molar-refractivity contribution >= 4 is 11.0 Å². The fourth-order valence-corrected chi connectivity index (χ4v) is 1.48. The molecule has 0 spiro atoms. The predicted molar refractivity (Wildman–Crippen MR) is 51.4 cm³/mol. The van der Waals surface area contributed by atoms with Gasteiger partial charge in [0.15, 0.2) is 0 Å². The van der Waals surface area contributed by atoms with E-state index in [1.807, 2.05) is 19.1 Å². The molecule has 2 rings (SSSR count). The Bertz CT molecular complexity index is 445. The van der Waals surface area contributed by atoms with Gasteiger partial charge in [-0.3, -0.25) is 0 Å². The van der Waals surface area contributed by atoms with E-state index in [1.165, 1.54) is 11.1 Å². The fourth-order valence-electron chi connectivity index (χ4n) is 1.48. The molecule has 1 heterocycles. The van der Waals surface area contributed by atoms with E-state index in [0.717, 1.165) is 11.0 Å². The van der Waals surface area contributed by atoms with Gasteiger partial charge in [-0.15, -0.1) is 0 Å². The zero-order valence-electron chi connectivity index (χ0n) is 7.78. The average molecular weight is 176 g/mol. The number of hydrogen-bond donors (Lipinski definition) is 1. The van der Waals surface area contributed by atoms with Crippen LogP contribution in [0.2, 0.25) is 0 Å². The van der Waals surface area contributed by atoms with Crippen LogP contribution in [0.4, 0.5) is 0 Å². The maximum atomic E-state index is 9.01. The van der Waals surface area contributed by atoms with E-state index >= 15 is 0 Å². The van der Waals surface area contributed by atoms with Crippen LogP contribution in [0.5, 0.6) is 0 Å². The number of imidazole rings is 1. The first-order valence-electron chi connectivity index (χ1n) is 4.26. The van der Waals surface area contributed by atoms with E-state index in [2.05, 4.69) is 11.9 Å². The summed E-state index contributed by atoms with van der Waals surface area (Å²) >= 11 is 0. The number of aliphatic hydroxyl groups excluding tert-OH is 1. The van der Waals surface area contributed by atoms with Crippen LogP contribution in [0.3, 0.4) is 0 Å². The number of aryl methyl sites for hydroxylation is 2. The number of aliphatic hydroxyl groups is 1. The minimum Gasteiger partial charge on any atom is -0.376 e. The topological polar surface area (TPSA) is 38.0 Å². The van der Waals surface area contributed by atoms with Crippen molar-refractivity contribution in [3.63, 3.8) is 0 Å². The van der Waals surface area contributed by atoms with Crippen molar-refractivity contribution in [3.8, 4) is 0 Å². The summed E-state index contributed by atoms with van der Waals surface area (Å²) in [5.74, 6) is 0. The molecule has 0 amide bonds. The Hall–Kier alpha value is -1.35. The van der Waals surface area contributed by atoms with Crippen molar-refractivity contribution in [1.82, 2.24) is 9.55 Å². The molecule has 0 unspecified atom stereocenters. The van der Waals surface area contributed by atoms with Gasteiger partial charge in [-0.1, -0.05) is 6.07 Å². The fraction of sp³-hybridized carbons (Fsp3) is 0.300. The van der Waals surface area contributed by atoms with Gasteiger partial charge in [0.1, 0.15) is 6.73 Å². The normalized spacial score (nSPS) is 11.0. The van der Waals surface area contributed by atoms with Gasteiger partial charge >= 0.3 is 0 Å². The standard InChI is InChI=1S/C10H12N2O/c1-7-3-4-9-10(8(7)2)11-5-12(9)6-13/h3-5,13H,6H2,1-2H3. The second-order valence-corrected chi connectivity index (χ2v) is 3.23. The lowest BCUT2D eigenvalue weighted by Crippen LogP contribution is -1.93. The minimum absolute atomic E-state index is 0.0149. The molecular formula is C10H12N2O. The Morgan fingerprint density at radius 1 is 1.38 bits per heavy atom. The predicted octanol–water partition coefficient (Wildman–Crippen LogP) is 1.60. The Kier molecular flexibility index (Phi) is 1.81. The average Bonchev–Trinajstić information content (AvgIpc) is 2.55. The van der Waals surface area contributed by atoms with E-state index in [4.69, 9.17) is 5.11 Å². The van der Waals surface area contributed by atoms with Gasteiger partial charge in [-0.2, -0.15) is 0 Å². The molecule has 0 aliphatic rings. The van der Waals surface area contributed by atoms with Crippen LogP contribution in [0.25, 0.3) is 11.0 Å². The van der Waals surface area contributed by atoms with Gasteiger partial charge < -0.3 is 9.67 Å². The number of fused-ring (bicyclic) bond motifs is 1. The molecule has 0 saturated carbocycles. The van der Waals surface area contributed by atoms with Crippen molar-refractivity contribution < 1.29 is 5.11 Å². The van der Waals surface area contributed by atoms with Crippen LogP contribution >= 0.6 is 0 Å². The maximum Gasteiger partial charge on any atom is 0.121 e. The molecule has 0 bridgehead atoms. The Morgan fingerprint density at radius 2 is 2.15 bits per heavy atom. The van der Waals surface area contributed by atoms with Crippen molar-refractivity contribution in [2.75, 3.05) is 0 Å². The quantitative estimate of drug-likeness (QED) is 0.716. The highest BCUT2D eigenvalue weighted by Crippen LogP contribution is 2.19. The molecule has 13 heavy (non-hydrogen) atoms. The highest BCUT2D eigenvalue weighted by molar-refractivity contribution is 5.79. The third kappa shape index (κ3) is 1.12. The van der Waals surface area contributed by atoms with Crippen LogP contribution in [-0.4, -0.2) is 14.7 Å². The van der Waals surface area contributed by atoms with Crippen molar-refractivity contribution in [2.45, 2.75) is 20.6 Å². The second-order valence-electron chi connectivity index (χ2n) is 3.23. The van der Waals surface area contributed by atoms with E-state index in [0.29, 0.717) is 0 Å².